The van der Waals surface area contributed by atoms with Crippen LogP contribution in [0.3, 0.4) is 0 Å². The van der Waals surface area contributed by atoms with Crippen molar-refractivity contribution in [2.45, 2.75) is 38.1 Å². The first-order valence-electron chi connectivity index (χ1n) is 7.21. The first kappa shape index (κ1) is 12.5. The number of nitrogens with one attached hydrogen (secondary N) is 3. The predicted molar refractivity (Wildman–Crippen MR) is 77.5 cm³/mol. The SMILES string of the molecule is O=C(CC1CCCN1)Nc1ccc2c(c1)CCCN2. The molecule has 1 saturated heterocycles. The van der Waals surface area contributed by atoms with E-state index in [1.165, 1.54) is 17.7 Å². The Kier molecular flexibility index (Phi) is 3.69. The third-order valence-electron chi connectivity index (χ3n) is 3.92. The number of rotatable bonds is 3. The fraction of sp³-hybridized carbons (Fsp3) is 0.533. The van der Waals surface area contributed by atoms with Crippen molar-refractivity contribution in [3.8, 4) is 0 Å². The standard InChI is InChI=1S/C15H21N3O/c19-15(10-12-4-2-7-16-12)18-13-5-6-14-11(9-13)3-1-8-17-14/h5-6,9,12,16-17H,1-4,7-8,10H2,(H,18,19). The van der Waals surface area contributed by atoms with Gasteiger partial charge in [0.25, 0.3) is 0 Å². The molecule has 2 heterocycles. The van der Waals surface area contributed by atoms with E-state index in [9.17, 15) is 4.79 Å². The number of fused-ring (bicyclic) bond motifs is 1. The first-order chi connectivity index (χ1) is 9.31. The molecule has 0 aromatic heterocycles. The monoisotopic (exact) mass is 259 g/mol. The van der Waals surface area contributed by atoms with E-state index in [0.717, 1.165) is 38.0 Å². The van der Waals surface area contributed by atoms with E-state index in [1.807, 2.05) is 6.07 Å². The van der Waals surface area contributed by atoms with Gasteiger partial charge in [-0.25, -0.2) is 0 Å². The van der Waals surface area contributed by atoms with Crippen LogP contribution in [0, 0.1) is 0 Å². The first-order valence-corrected chi connectivity index (χ1v) is 7.21. The highest BCUT2D eigenvalue weighted by atomic mass is 16.1. The topological polar surface area (TPSA) is 53.2 Å². The molecule has 1 aromatic rings. The Morgan fingerprint density at radius 1 is 1.32 bits per heavy atom. The number of hydrogen-bond donors (Lipinski definition) is 3. The van der Waals surface area contributed by atoms with Crippen LogP contribution in [0.1, 0.15) is 31.2 Å². The molecule has 2 aliphatic heterocycles. The molecular formula is C15H21N3O. The highest BCUT2D eigenvalue weighted by Gasteiger charge is 2.18. The van der Waals surface area contributed by atoms with E-state index < -0.39 is 0 Å². The minimum absolute atomic E-state index is 0.114. The average molecular weight is 259 g/mol. The summed E-state index contributed by atoms with van der Waals surface area (Å²) in [7, 11) is 0. The lowest BCUT2D eigenvalue weighted by Crippen LogP contribution is -2.27. The minimum Gasteiger partial charge on any atom is -0.385 e. The van der Waals surface area contributed by atoms with Crippen LogP contribution < -0.4 is 16.0 Å². The number of anilines is 2. The maximum atomic E-state index is 12.0. The van der Waals surface area contributed by atoms with Crippen LogP contribution in [-0.2, 0) is 11.2 Å². The Bertz CT molecular complexity index is 466. The summed E-state index contributed by atoms with van der Waals surface area (Å²) < 4.78 is 0. The summed E-state index contributed by atoms with van der Waals surface area (Å²) in [6.07, 6.45) is 5.13. The lowest BCUT2D eigenvalue weighted by Gasteiger charge is -2.19. The zero-order valence-electron chi connectivity index (χ0n) is 11.2. The fourth-order valence-corrected chi connectivity index (χ4v) is 2.92. The molecule has 1 fully saturated rings. The van der Waals surface area contributed by atoms with Gasteiger partial charge in [0.05, 0.1) is 0 Å². The Labute approximate surface area is 114 Å². The van der Waals surface area contributed by atoms with Gasteiger partial charge in [0.2, 0.25) is 5.91 Å². The van der Waals surface area contributed by atoms with Crippen LogP contribution in [0.4, 0.5) is 11.4 Å². The van der Waals surface area contributed by atoms with E-state index in [0.29, 0.717) is 12.5 Å². The molecular weight excluding hydrogens is 238 g/mol. The van der Waals surface area contributed by atoms with Gasteiger partial charge < -0.3 is 16.0 Å². The molecule has 3 rings (SSSR count). The highest BCUT2D eigenvalue weighted by Crippen LogP contribution is 2.25. The fourth-order valence-electron chi connectivity index (χ4n) is 2.92. The molecule has 2 aliphatic rings. The van der Waals surface area contributed by atoms with Crippen molar-refractivity contribution in [1.82, 2.24) is 5.32 Å². The lowest BCUT2D eigenvalue weighted by atomic mass is 10.0. The van der Waals surface area contributed by atoms with Crippen LogP contribution in [0.2, 0.25) is 0 Å². The Balaban J connectivity index is 1.61. The summed E-state index contributed by atoms with van der Waals surface area (Å²) in [6.45, 7) is 2.09. The molecule has 0 spiro atoms. The molecule has 0 radical (unpaired) electrons. The average Bonchev–Trinajstić information content (AvgIpc) is 2.91. The molecule has 19 heavy (non-hydrogen) atoms. The van der Waals surface area contributed by atoms with Crippen molar-refractivity contribution >= 4 is 17.3 Å². The zero-order valence-corrected chi connectivity index (χ0v) is 11.2. The van der Waals surface area contributed by atoms with Crippen molar-refractivity contribution in [2.24, 2.45) is 0 Å². The molecule has 0 saturated carbocycles. The zero-order chi connectivity index (χ0) is 13.1. The quantitative estimate of drug-likeness (QED) is 0.779. The van der Waals surface area contributed by atoms with E-state index >= 15 is 0 Å². The molecule has 3 N–H and O–H groups in total. The van der Waals surface area contributed by atoms with E-state index in [4.69, 9.17) is 0 Å². The van der Waals surface area contributed by atoms with Gasteiger partial charge in [-0.2, -0.15) is 0 Å². The smallest absolute Gasteiger partial charge is 0.225 e. The van der Waals surface area contributed by atoms with Crippen molar-refractivity contribution in [3.63, 3.8) is 0 Å². The van der Waals surface area contributed by atoms with E-state index in [2.05, 4.69) is 28.1 Å². The van der Waals surface area contributed by atoms with Gasteiger partial charge in [0.1, 0.15) is 0 Å². The Morgan fingerprint density at radius 2 is 2.26 bits per heavy atom. The molecule has 0 aliphatic carbocycles. The van der Waals surface area contributed by atoms with E-state index in [-0.39, 0.29) is 5.91 Å². The number of carbonyl (C=O) groups is 1. The van der Waals surface area contributed by atoms with Crippen molar-refractivity contribution in [3.05, 3.63) is 23.8 Å². The maximum Gasteiger partial charge on any atom is 0.225 e. The maximum absolute atomic E-state index is 12.0. The summed E-state index contributed by atoms with van der Waals surface area (Å²) in [6, 6.07) is 6.51. The summed E-state index contributed by atoms with van der Waals surface area (Å²) in [5.41, 5.74) is 3.44. The van der Waals surface area contributed by atoms with Gasteiger partial charge >= 0.3 is 0 Å². The molecule has 1 atom stereocenters. The predicted octanol–water partition coefficient (Wildman–Crippen LogP) is 2.13. The number of amides is 1. The van der Waals surface area contributed by atoms with Gasteiger partial charge in [0, 0.05) is 30.4 Å². The molecule has 102 valence electrons. The number of carbonyl (C=O) groups excluding carboxylic acids is 1. The third-order valence-corrected chi connectivity index (χ3v) is 3.92. The van der Waals surface area contributed by atoms with Gasteiger partial charge in [-0.1, -0.05) is 0 Å². The van der Waals surface area contributed by atoms with Gasteiger partial charge in [-0.05, 0) is 56.0 Å². The van der Waals surface area contributed by atoms with Crippen LogP contribution in [-0.4, -0.2) is 25.0 Å². The molecule has 0 bridgehead atoms. The second-order valence-corrected chi connectivity index (χ2v) is 5.45. The van der Waals surface area contributed by atoms with Gasteiger partial charge in [-0.15, -0.1) is 0 Å². The lowest BCUT2D eigenvalue weighted by molar-refractivity contribution is -0.116. The molecule has 4 nitrogen and oxygen atoms in total. The summed E-state index contributed by atoms with van der Waals surface area (Å²) in [4.78, 5) is 12.0. The van der Waals surface area contributed by atoms with Gasteiger partial charge in [-0.3, -0.25) is 4.79 Å². The molecule has 4 heteroatoms. The normalized spacial score (nSPS) is 21.6. The number of aryl methyl sites for hydroxylation is 1. The van der Waals surface area contributed by atoms with Crippen LogP contribution in [0.15, 0.2) is 18.2 Å². The number of hydrogen-bond acceptors (Lipinski definition) is 3. The number of benzene rings is 1. The summed E-state index contributed by atoms with van der Waals surface area (Å²) in [5.74, 6) is 0.114. The van der Waals surface area contributed by atoms with Crippen LogP contribution in [0.5, 0.6) is 0 Å². The van der Waals surface area contributed by atoms with Crippen molar-refractivity contribution in [2.75, 3.05) is 23.7 Å². The second kappa shape index (κ2) is 5.61. The molecule has 1 unspecified atom stereocenters. The molecule has 1 aromatic carbocycles. The summed E-state index contributed by atoms with van der Waals surface area (Å²) in [5, 5.41) is 9.74. The van der Waals surface area contributed by atoms with Crippen molar-refractivity contribution < 1.29 is 4.79 Å². The third kappa shape index (κ3) is 3.07. The molecule has 1 amide bonds. The summed E-state index contributed by atoms with van der Waals surface area (Å²) >= 11 is 0. The Hall–Kier alpha value is -1.55. The minimum atomic E-state index is 0.114. The van der Waals surface area contributed by atoms with E-state index in [1.54, 1.807) is 0 Å². The van der Waals surface area contributed by atoms with Crippen LogP contribution in [0.25, 0.3) is 0 Å². The Morgan fingerprint density at radius 3 is 3.11 bits per heavy atom. The van der Waals surface area contributed by atoms with Gasteiger partial charge in [0.15, 0.2) is 0 Å². The van der Waals surface area contributed by atoms with Crippen molar-refractivity contribution in [1.29, 1.82) is 0 Å². The second-order valence-electron chi connectivity index (χ2n) is 5.45. The van der Waals surface area contributed by atoms with Crippen LogP contribution >= 0.6 is 0 Å². The largest absolute Gasteiger partial charge is 0.385 e. The highest BCUT2D eigenvalue weighted by molar-refractivity contribution is 5.91.